The number of hydrogen-bond donors (Lipinski definition) is 1. The molecule has 0 aliphatic carbocycles. The van der Waals surface area contributed by atoms with Crippen molar-refractivity contribution in [3.63, 3.8) is 0 Å². The highest BCUT2D eigenvalue weighted by Gasteiger charge is 2.25. The molecule has 0 aromatic heterocycles. The van der Waals surface area contributed by atoms with Gasteiger partial charge in [0.15, 0.2) is 0 Å². The number of carboxylic acids is 1. The fourth-order valence-corrected chi connectivity index (χ4v) is 2.66. The highest BCUT2D eigenvalue weighted by atomic mass is 19.1. The van der Waals surface area contributed by atoms with Crippen LogP contribution in [0.25, 0.3) is 0 Å². The van der Waals surface area contributed by atoms with E-state index >= 15 is 0 Å². The van der Waals surface area contributed by atoms with Gasteiger partial charge in [0.05, 0.1) is 18.1 Å². The largest absolute Gasteiger partial charge is 0.481 e. The Morgan fingerprint density at radius 1 is 1.50 bits per heavy atom. The standard InChI is InChI=1S/C15H17FN2O2/c16-14-7-11(9-17)4-5-12(14)10-18-6-2-1-3-13(18)8-15(19)20/h4-5,7,13H,1-3,6,8,10H2,(H,19,20). The number of hydrogen-bond acceptors (Lipinski definition) is 3. The summed E-state index contributed by atoms with van der Waals surface area (Å²) < 4.78 is 13.9. The lowest BCUT2D eigenvalue weighted by atomic mass is 9.98. The summed E-state index contributed by atoms with van der Waals surface area (Å²) in [6, 6.07) is 6.30. The first-order valence-corrected chi connectivity index (χ1v) is 6.74. The van der Waals surface area contributed by atoms with Gasteiger partial charge in [0.25, 0.3) is 0 Å². The van der Waals surface area contributed by atoms with Crippen molar-refractivity contribution in [1.29, 1.82) is 5.26 Å². The van der Waals surface area contributed by atoms with E-state index in [0.717, 1.165) is 25.8 Å². The first-order chi connectivity index (χ1) is 9.60. The molecule has 1 aromatic carbocycles. The maximum atomic E-state index is 13.9. The lowest BCUT2D eigenvalue weighted by Gasteiger charge is -2.35. The molecule has 4 nitrogen and oxygen atoms in total. The second-order valence-electron chi connectivity index (χ2n) is 5.14. The highest BCUT2D eigenvalue weighted by Crippen LogP contribution is 2.23. The van der Waals surface area contributed by atoms with Crippen LogP contribution in [0.15, 0.2) is 18.2 Å². The summed E-state index contributed by atoms with van der Waals surface area (Å²) in [7, 11) is 0. The molecule has 0 bridgehead atoms. The van der Waals surface area contributed by atoms with Crippen molar-refractivity contribution in [1.82, 2.24) is 4.90 Å². The summed E-state index contributed by atoms with van der Waals surface area (Å²) in [5, 5.41) is 17.7. The predicted molar refractivity (Wildman–Crippen MR) is 71.4 cm³/mol. The molecule has 1 fully saturated rings. The van der Waals surface area contributed by atoms with Crippen molar-refractivity contribution in [3.05, 3.63) is 35.1 Å². The number of aliphatic carboxylic acids is 1. The van der Waals surface area contributed by atoms with Crippen molar-refractivity contribution in [3.8, 4) is 6.07 Å². The number of piperidine rings is 1. The van der Waals surface area contributed by atoms with E-state index in [1.807, 2.05) is 11.0 Å². The minimum atomic E-state index is -0.817. The van der Waals surface area contributed by atoms with Crippen molar-refractivity contribution < 1.29 is 14.3 Å². The van der Waals surface area contributed by atoms with Crippen molar-refractivity contribution in [2.24, 2.45) is 0 Å². The van der Waals surface area contributed by atoms with Crippen LogP contribution in [-0.2, 0) is 11.3 Å². The SMILES string of the molecule is N#Cc1ccc(CN2CCCCC2CC(=O)O)c(F)c1. The summed E-state index contributed by atoms with van der Waals surface area (Å²) >= 11 is 0. The number of likely N-dealkylation sites (tertiary alicyclic amines) is 1. The van der Waals surface area contributed by atoms with E-state index in [1.54, 1.807) is 12.1 Å². The molecule has 20 heavy (non-hydrogen) atoms. The molecule has 0 saturated carbocycles. The molecule has 1 aliphatic rings. The van der Waals surface area contributed by atoms with E-state index in [4.69, 9.17) is 10.4 Å². The molecule has 1 saturated heterocycles. The van der Waals surface area contributed by atoms with E-state index in [9.17, 15) is 9.18 Å². The summed E-state index contributed by atoms with van der Waals surface area (Å²) in [6.07, 6.45) is 2.96. The second kappa shape index (κ2) is 6.49. The maximum absolute atomic E-state index is 13.9. The maximum Gasteiger partial charge on any atom is 0.304 e. The Hall–Kier alpha value is -1.93. The van der Waals surface area contributed by atoms with Gasteiger partial charge < -0.3 is 5.11 Å². The number of benzene rings is 1. The van der Waals surface area contributed by atoms with Crippen molar-refractivity contribution in [2.45, 2.75) is 38.3 Å². The number of nitrogens with zero attached hydrogens (tertiary/aromatic N) is 2. The third-order valence-electron chi connectivity index (χ3n) is 3.71. The minimum Gasteiger partial charge on any atom is -0.481 e. The average Bonchev–Trinajstić information content (AvgIpc) is 2.42. The molecule has 1 atom stereocenters. The van der Waals surface area contributed by atoms with Gasteiger partial charge >= 0.3 is 5.97 Å². The summed E-state index contributed by atoms with van der Waals surface area (Å²) in [5.41, 5.74) is 0.813. The topological polar surface area (TPSA) is 64.3 Å². The number of halogens is 1. The average molecular weight is 276 g/mol. The normalized spacial score (nSPS) is 19.5. The molecule has 5 heteroatoms. The Kier molecular flexibility index (Phi) is 4.70. The molecule has 1 heterocycles. The summed E-state index contributed by atoms with van der Waals surface area (Å²) in [5.74, 6) is -1.22. The number of rotatable bonds is 4. The predicted octanol–water partition coefficient (Wildman–Crippen LogP) is 2.53. The molecular formula is C15H17FN2O2. The number of carbonyl (C=O) groups is 1. The van der Waals surface area contributed by atoms with Crippen molar-refractivity contribution >= 4 is 5.97 Å². The Morgan fingerprint density at radius 2 is 2.30 bits per heavy atom. The Labute approximate surface area is 117 Å². The molecule has 1 aliphatic heterocycles. The van der Waals surface area contributed by atoms with Gasteiger partial charge in [-0.2, -0.15) is 5.26 Å². The van der Waals surface area contributed by atoms with E-state index in [2.05, 4.69) is 0 Å². The monoisotopic (exact) mass is 276 g/mol. The number of nitriles is 1. The van der Waals surface area contributed by atoms with E-state index in [1.165, 1.54) is 6.07 Å². The fraction of sp³-hybridized carbons (Fsp3) is 0.467. The molecular weight excluding hydrogens is 259 g/mol. The molecule has 2 rings (SSSR count). The Morgan fingerprint density at radius 3 is 2.95 bits per heavy atom. The summed E-state index contributed by atoms with van der Waals surface area (Å²) in [6.45, 7) is 1.19. The molecule has 0 amide bonds. The van der Waals surface area contributed by atoms with Gasteiger partial charge in [-0.3, -0.25) is 9.69 Å². The Bertz CT molecular complexity index is 539. The second-order valence-corrected chi connectivity index (χ2v) is 5.14. The number of carboxylic acid groups (broad SMARTS) is 1. The zero-order valence-electron chi connectivity index (χ0n) is 11.2. The summed E-state index contributed by atoms with van der Waals surface area (Å²) in [4.78, 5) is 12.9. The smallest absolute Gasteiger partial charge is 0.304 e. The van der Waals surface area contributed by atoms with Crippen LogP contribution in [0.2, 0.25) is 0 Å². The van der Waals surface area contributed by atoms with Gasteiger partial charge in [0, 0.05) is 18.2 Å². The van der Waals surface area contributed by atoms with E-state index in [0.29, 0.717) is 17.7 Å². The van der Waals surface area contributed by atoms with Crippen LogP contribution in [0.5, 0.6) is 0 Å². The highest BCUT2D eigenvalue weighted by molar-refractivity contribution is 5.67. The first kappa shape index (κ1) is 14.5. The fourth-order valence-electron chi connectivity index (χ4n) is 2.66. The van der Waals surface area contributed by atoms with Gasteiger partial charge in [0.2, 0.25) is 0 Å². The van der Waals surface area contributed by atoms with Crippen LogP contribution < -0.4 is 0 Å². The van der Waals surface area contributed by atoms with Gasteiger partial charge in [-0.15, -0.1) is 0 Å². The van der Waals surface area contributed by atoms with Crippen LogP contribution >= 0.6 is 0 Å². The molecule has 0 radical (unpaired) electrons. The Balaban J connectivity index is 2.10. The van der Waals surface area contributed by atoms with Gasteiger partial charge in [-0.05, 0) is 31.5 Å². The van der Waals surface area contributed by atoms with Gasteiger partial charge in [0.1, 0.15) is 5.82 Å². The van der Waals surface area contributed by atoms with Crippen molar-refractivity contribution in [2.75, 3.05) is 6.54 Å². The zero-order chi connectivity index (χ0) is 14.5. The lowest BCUT2D eigenvalue weighted by Crippen LogP contribution is -2.40. The van der Waals surface area contributed by atoms with Gasteiger partial charge in [-0.25, -0.2) is 4.39 Å². The van der Waals surface area contributed by atoms with E-state index in [-0.39, 0.29) is 12.5 Å². The third kappa shape index (κ3) is 3.55. The van der Waals surface area contributed by atoms with Crippen LogP contribution in [0.1, 0.15) is 36.8 Å². The quantitative estimate of drug-likeness (QED) is 0.917. The zero-order valence-corrected chi connectivity index (χ0v) is 11.2. The first-order valence-electron chi connectivity index (χ1n) is 6.74. The van der Waals surface area contributed by atoms with Gasteiger partial charge in [-0.1, -0.05) is 12.5 Å². The third-order valence-corrected chi connectivity index (χ3v) is 3.71. The molecule has 0 spiro atoms. The van der Waals surface area contributed by atoms with Crippen LogP contribution in [-0.4, -0.2) is 28.6 Å². The van der Waals surface area contributed by atoms with Crippen LogP contribution in [0.4, 0.5) is 4.39 Å². The van der Waals surface area contributed by atoms with E-state index < -0.39 is 11.8 Å². The molecule has 106 valence electrons. The molecule has 1 unspecified atom stereocenters. The van der Waals surface area contributed by atoms with Crippen LogP contribution in [0, 0.1) is 17.1 Å². The van der Waals surface area contributed by atoms with Crippen LogP contribution in [0.3, 0.4) is 0 Å². The molecule has 1 N–H and O–H groups in total. The minimum absolute atomic E-state index is 0.0312. The molecule has 1 aromatic rings. The lowest BCUT2D eigenvalue weighted by molar-refractivity contribution is -0.138.